The number of anilines is 1. The Bertz CT molecular complexity index is 1300. The van der Waals surface area contributed by atoms with E-state index < -0.39 is 36.3 Å². The van der Waals surface area contributed by atoms with Gasteiger partial charge in [-0.05, 0) is 43.3 Å². The quantitative estimate of drug-likeness (QED) is 0.218. The molecule has 0 radical (unpaired) electrons. The summed E-state index contributed by atoms with van der Waals surface area (Å²) in [5, 5.41) is 0. The number of imide groups is 1. The van der Waals surface area contributed by atoms with Gasteiger partial charge in [0.15, 0.2) is 12.4 Å². The summed E-state index contributed by atoms with van der Waals surface area (Å²) in [6.45, 7) is 1.50. The summed E-state index contributed by atoms with van der Waals surface area (Å²) >= 11 is 0. The average Bonchev–Trinajstić information content (AvgIpc) is 3.19. The molecule has 36 heavy (non-hydrogen) atoms. The highest BCUT2D eigenvalue weighted by Crippen LogP contribution is 2.23. The number of amides is 3. The molecule has 0 saturated carbocycles. The first-order valence-corrected chi connectivity index (χ1v) is 11.2. The Hall–Kier alpha value is -4.63. The van der Waals surface area contributed by atoms with Crippen molar-refractivity contribution in [2.24, 2.45) is 0 Å². The van der Waals surface area contributed by atoms with Crippen LogP contribution in [0, 0.1) is 6.92 Å². The first kappa shape index (κ1) is 24.5. The number of aryl methyl sites for hydroxylation is 1. The summed E-state index contributed by atoms with van der Waals surface area (Å²) in [5.41, 5.74) is 7.36. The number of nitrogens with one attached hydrogen (secondary N) is 2. The van der Waals surface area contributed by atoms with Crippen molar-refractivity contribution in [1.82, 2.24) is 10.9 Å². The van der Waals surface area contributed by atoms with E-state index in [1.807, 2.05) is 6.92 Å². The number of benzene rings is 3. The molecule has 3 aromatic rings. The van der Waals surface area contributed by atoms with Crippen molar-refractivity contribution in [2.45, 2.75) is 19.4 Å². The molecule has 9 nitrogen and oxygen atoms in total. The highest BCUT2D eigenvalue weighted by molar-refractivity contribution is 6.22. The number of hydrogen-bond donors (Lipinski definition) is 2. The van der Waals surface area contributed by atoms with Gasteiger partial charge in [-0.3, -0.25) is 24.6 Å². The van der Waals surface area contributed by atoms with Crippen molar-refractivity contribution in [3.05, 3.63) is 101 Å². The Morgan fingerprint density at radius 1 is 0.861 bits per heavy atom. The molecule has 4 rings (SSSR count). The number of rotatable bonds is 8. The zero-order valence-electron chi connectivity index (χ0n) is 19.4. The Balaban J connectivity index is 1.33. The fraction of sp³-hybridized carbons (Fsp3) is 0.148. The van der Waals surface area contributed by atoms with Crippen LogP contribution in [0.4, 0.5) is 5.69 Å². The second kappa shape index (κ2) is 10.7. The van der Waals surface area contributed by atoms with Crippen LogP contribution < -0.4 is 15.8 Å². The smallest absolute Gasteiger partial charge is 0.338 e. The van der Waals surface area contributed by atoms with Gasteiger partial charge in [0, 0.05) is 11.1 Å². The van der Waals surface area contributed by atoms with E-state index >= 15 is 0 Å². The minimum Gasteiger partial charge on any atom is -0.454 e. The van der Waals surface area contributed by atoms with Crippen LogP contribution in [0.15, 0.2) is 78.9 Å². The van der Waals surface area contributed by atoms with Crippen LogP contribution in [0.5, 0.6) is 0 Å². The molecule has 0 bridgehead atoms. The summed E-state index contributed by atoms with van der Waals surface area (Å²) in [5.74, 6) is -2.45. The number of hydrazine groups is 1. The van der Waals surface area contributed by atoms with Crippen LogP contribution in [0.2, 0.25) is 0 Å². The lowest BCUT2D eigenvalue weighted by atomic mass is 10.1. The number of nitrogens with zero attached hydrogens (tertiary/aromatic N) is 1. The third-order valence-corrected chi connectivity index (χ3v) is 5.61. The van der Waals surface area contributed by atoms with Crippen LogP contribution in [0.3, 0.4) is 0 Å². The Kier molecular flexibility index (Phi) is 7.31. The molecule has 3 amide bonds. The van der Waals surface area contributed by atoms with Gasteiger partial charge in [0.05, 0.1) is 17.7 Å². The van der Waals surface area contributed by atoms with E-state index in [0.717, 1.165) is 10.5 Å². The van der Waals surface area contributed by atoms with Gasteiger partial charge >= 0.3 is 5.97 Å². The molecule has 1 atom stereocenters. The normalized spacial score (nSPS) is 15.0. The van der Waals surface area contributed by atoms with Crippen molar-refractivity contribution in [2.75, 3.05) is 11.5 Å². The third kappa shape index (κ3) is 5.53. The van der Waals surface area contributed by atoms with Crippen LogP contribution in [0.1, 0.15) is 43.1 Å². The van der Waals surface area contributed by atoms with E-state index in [0.29, 0.717) is 11.1 Å². The lowest BCUT2D eigenvalue weighted by Gasteiger charge is -2.16. The molecule has 182 valence electrons. The maximum absolute atomic E-state index is 12.8. The van der Waals surface area contributed by atoms with Crippen LogP contribution in [-0.4, -0.2) is 42.1 Å². The number of ether oxygens (including phenoxy) is 1. The van der Waals surface area contributed by atoms with Crippen LogP contribution in [-0.2, 0) is 14.3 Å². The van der Waals surface area contributed by atoms with Gasteiger partial charge in [0.25, 0.3) is 11.8 Å². The van der Waals surface area contributed by atoms with E-state index in [-0.39, 0.29) is 23.5 Å². The lowest BCUT2D eigenvalue weighted by molar-refractivity contribution is -0.121. The molecular weight excluding hydrogens is 462 g/mol. The van der Waals surface area contributed by atoms with Crippen molar-refractivity contribution < 1.29 is 28.7 Å². The van der Waals surface area contributed by atoms with Crippen LogP contribution >= 0.6 is 0 Å². The molecule has 0 aromatic heterocycles. The zero-order chi connectivity index (χ0) is 25.7. The van der Waals surface area contributed by atoms with Gasteiger partial charge in [0.1, 0.15) is 6.04 Å². The highest BCUT2D eigenvalue weighted by Gasteiger charge is 2.39. The third-order valence-electron chi connectivity index (χ3n) is 5.61. The molecule has 1 saturated heterocycles. The van der Waals surface area contributed by atoms with Crippen molar-refractivity contribution in [3.8, 4) is 0 Å². The van der Waals surface area contributed by atoms with E-state index in [4.69, 9.17) is 4.74 Å². The summed E-state index contributed by atoms with van der Waals surface area (Å²) in [6.07, 6.45) is -0.140. The van der Waals surface area contributed by atoms with Gasteiger partial charge in [-0.15, -0.1) is 0 Å². The molecular formula is C27H23N3O6. The van der Waals surface area contributed by atoms with Gasteiger partial charge in [-0.2, -0.15) is 0 Å². The Morgan fingerprint density at radius 2 is 1.50 bits per heavy atom. The summed E-state index contributed by atoms with van der Waals surface area (Å²) in [4.78, 5) is 63.0. The SMILES string of the molecule is Cc1ccc(C(=O)COC(=O)c2ccc(N3C(=O)CC(NNC(=O)c4ccccc4)C3=O)cc2)cc1. The minimum absolute atomic E-state index is 0.140. The van der Waals surface area contributed by atoms with Gasteiger partial charge in [-0.1, -0.05) is 48.0 Å². The maximum atomic E-state index is 12.8. The van der Waals surface area contributed by atoms with E-state index in [1.165, 1.54) is 24.3 Å². The number of ketones is 1. The fourth-order valence-corrected chi connectivity index (χ4v) is 3.61. The highest BCUT2D eigenvalue weighted by atomic mass is 16.5. The number of hydrogen-bond acceptors (Lipinski definition) is 7. The molecule has 1 heterocycles. The number of carbonyl (C=O) groups is 5. The van der Waals surface area contributed by atoms with E-state index in [1.54, 1.807) is 54.6 Å². The van der Waals surface area contributed by atoms with Crippen molar-refractivity contribution in [1.29, 1.82) is 0 Å². The van der Waals surface area contributed by atoms with Gasteiger partial charge in [-0.25, -0.2) is 15.1 Å². The molecule has 1 unspecified atom stereocenters. The molecule has 3 aromatic carbocycles. The van der Waals surface area contributed by atoms with Crippen molar-refractivity contribution >= 4 is 35.2 Å². The second-order valence-electron chi connectivity index (χ2n) is 8.20. The number of carbonyl (C=O) groups excluding carboxylic acids is 5. The van der Waals surface area contributed by atoms with Gasteiger partial charge in [0.2, 0.25) is 5.91 Å². The number of esters is 1. The first-order chi connectivity index (χ1) is 17.3. The number of Topliss-reactive ketones (excluding diaryl/α,β-unsaturated/α-hetero) is 1. The van der Waals surface area contributed by atoms with Crippen LogP contribution in [0.25, 0.3) is 0 Å². The predicted molar refractivity (Wildman–Crippen MR) is 130 cm³/mol. The second-order valence-corrected chi connectivity index (χ2v) is 8.20. The molecule has 9 heteroatoms. The lowest BCUT2D eigenvalue weighted by Crippen LogP contribution is -2.48. The first-order valence-electron chi connectivity index (χ1n) is 11.2. The predicted octanol–water partition coefficient (Wildman–Crippen LogP) is 2.60. The molecule has 1 fully saturated rings. The largest absolute Gasteiger partial charge is 0.454 e. The minimum atomic E-state index is -0.928. The Morgan fingerprint density at radius 3 is 2.17 bits per heavy atom. The van der Waals surface area contributed by atoms with Crippen molar-refractivity contribution in [3.63, 3.8) is 0 Å². The maximum Gasteiger partial charge on any atom is 0.338 e. The summed E-state index contributed by atoms with van der Waals surface area (Å²) < 4.78 is 5.10. The summed E-state index contributed by atoms with van der Waals surface area (Å²) in [7, 11) is 0. The molecule has 1 aliphatic heterocycles. The standard InChI is InChI=1S/C27H23N3O6/c1-17-7-9-18(10-8-17)23(31)16-36-27(35)20-11-13-21(14-12-20)30-24(32)15-22(26(30)34)28-29-25(33)19-5-3-2-4-6-19/h2-14,22,28H,15-16H2,1H3,(H,29,33). The fourth-order valence-electron chi connectivity index (χ4n) is 3.61. The monoisotopic (exact) mass is 485 g/mol. The summed E-state index contributed by atoms with van der Waals surface area (Å²) in [6, 6.07) is 20.1. The zero-order valence-corrected chi connectivity index (χ0v) is 19.4. The topological polar surface area (TPSA) is 122 Å². The van der Waals surface area contributed by atoms with E-state index in [9.17, 15) is 24.0 Å². The molecule has 0 aliphatic carbocycles. The molecule has 1 aliphatic rings. The average molecular weight is 485 g/mol. The Labute approximate surface area is 207 Å². The molecule has 0 spiro atoms. The van der Waals surface area contributed by atoms with E-state index in [2.05, 4.69) is 10.9 Å². The van der Waals surface area contributed by atoms with Gasteiger partial charge < -0.3 is 4.74 Å². The molecule has 2 N–H and O–H groups in total.